The molecular formula is C32H43FN6O7S. The fourth-order valence-corrected chi connectivity index (χ4v) is 4.62. The molecule has 0 saturated heterocycles. The average molecular weight is 675 g/mol. The van der Waals surface area contributed by atoms with Crippen molar-refractivity contribution in [2.45, 2.75) is 63.8 Å². The van der Waals surface area contributed by atoms with Gasteiger partial charge in [0.15, 0.2) is 0 Å². The zero-order chi connectivity index (χ0) is 35.0. The molecule has 0 fully saturated rings. The van der Waals surface area contributed by atoms with E-state index >= 15 is 0 Å². The standard InChI is InChI=1S/C32H43FN6O7S/c1-32(2,3)46-31(45)39-24(17-21-10-12-22(33)13-11-21)29(43)36-18-26(40)35-19-27(41)37-25(16-20-8-6-5-7-9-20)30(44)38-23(28(34)42)14-15-47-4/h5-13,23-25H,14-19H2,1-4H3,(H2,34,42)(H,35,40)(H,36,43)(H,37,41)(H,38,44)(H,39,45). The molecule has 6 amide bonds. The SMILES string of the molecule is CSCCC(NC(=O)C(Cc1ccccc1)NC(=O)CNC(=O)CNC(=O)C(Cc1ccc(F)cc1)NC(=O)OC(C)(C)C)C(N)=O. The van der Waals surface area contributed by atoms with Crippen molar-refractivity contribution in [2.75, 3.05) is 25.1 Å². The Morgan fingerprint density at radius 3 is 1.91 bits per heavy atom. The molecule has 3 unspecified atom stereocenters. The summed E-state index contributed by atoms with van der Waals surface area (Å²) in [5.74, 6) is -3.34. The van der Waals surface area contributed by atoms with Crippen molar-refractivity contribution >= 4 is 47.4 Å². The Bertz CT molecular complexity index is 1370. The van der Waals surface area contributed by atoms with Crippen LogP contribution in [0.3, 0.4) is 0 Å². The summed E-state index contributed by atoms with van der Waals surface area (Å²) in [4.78, 5) is 75.6. The summed E-state index contributed by atoms with van der Waals surface area (Å²) in [5, 5.41) is 12.4. The number of halogens is 1. The molecule has 0 bridgehead atoms. The van der Waals surface area contributed by atoms with E-state index in [1.807, 2.05) is 6.26 Å². The van der Waals surface area contributed by atoms with Crippen LogP contribution in [-0.2, 0) is 41.6 Å². The molecule has 2 aromatic carbocycles. The minimum absolute atomic E-state index is 0.0197. The molecule has 2 aromatic rings. The fourth-order valence-electron chi connectivity index (χ4n) is 4.15. The molecular weight excluding hydrogens is 631 g/mol. The molecule has 256 valence electrons. The molecule has 0 aliphatic rings. The highest BCUT2D eigenvalue weighted by Crippen LogP contribution is 2.10. The Hall–Kier alpha value is -4.66. The molecule has 47 heavy (non-hydrogen) atoms. The van der Waals surface area contributed by atoms with Crippen LogP contribution < -0.4 is 32.3 Å². The number of thioether (sulfide) groups is 1. The van der Waals surface area contributed by atoms with E-state index < -0.39 is 78.3 Å². The van der Waals surface area contributed by atoms with Crippen molar-refractivity contribution in [1.29, 1.82) is 0 Å². The topological polar surface area (TPSA) is 198 Å². The third-order valence-electron chi connectivity index (χ3n) is 6.43. The highest BCUT2D eigenvalue weighted by Gasteiger charge is 2.27. The zero-order valence-corrected chi connectivity index (χ0v) is 27.7. The van der Waals surface area contributed by atoms with Gasteiger partial charge in [0.1, 0.15) is 29.5 Å². The van der Waals surface area contributed by atoms with Gasteiger partial charge in [-0.3, -0.25) is 24.0 Å². The predicted molar refractivity (Wildman–Crippen MR) is 175 cm³/mol. The minimum Gasteiger partial charge on any atom is -0.444 e. The fraction of sp³-hybridized carbons (Fsp3) is 0.438. The Kier molecular flexibility index (Phi) is 15.7. The second kappa shape index (κ2) is 19.1. The van der Waals surface area contributed by atoms with Crippen LogP contribution in [-0.4, -0.2) is 84.5 Å². The van der Waals surface area contributed by atoms with Crippen molar-refractivity contribution in [3.63, 3.8) is 0 Å². The Morgan fingerprint density at radius 2 is 1.34 bits per heavy atom. The van der Waals surface area contributed by atoms with E-state index in [0.717, 1.165) is 5.56 Å². The van der Waals surface area contributed by atoms with Crippen LogP contribution in [0.15, 0.2) is 54.6 Å². The summed E-state index contributed by atoms with van der Waals surface area (Å²) in [5.41, 5.74) is 5.91. The van der Waals surface area contributed by atoms with Crippen molar-refractivity contribution < 1.29 is 37.9 Å². The number of amides is 6. The normalized spacial score (nSPS) is 12.9. The smallest absolute Gasteiger partial charge is 0.408 e. The van der Waals surface area contributed by atoms with Crippen LogP contribution >= 0.6 is 11.8 Å². The van der Waals surface area contributed by atoms with E-state index in [1.54, 1.807) is 51.1 Å². The number of hydrogen-bond donors (Lipinski definition) is 6. The van der Waals surface area contributed by atoms with Crippen molar-refractivity contribution in [3.05, 3.63) is 71.5 Å². The zero-order valence-electron chi connectivity index (χ0n) is 26.9. The van der Waals surface area contributed by atoms with Crippen molar-refractivity contribution in [3.8, 4) is 0 Å². The molecule has 0 spiro atoms. The maximum Gasteiger partial charge on any atom is 0.408 e. The molecule has 0 radical (unpaired) electrons. The molecule has 0 saturated carbocycles. The molecule has 15 heteroatoms. The lowest BCUT2D eigenvalue weighted by Crippen LogP contribution is -2.55. The van der Waals surface area contributed by atoms with Gasteiger partial charge in [0, 0.05) is 12.8 Å². The van der Waals surface area contributed by atoms with Crippen molar-refractivity contribution in [1.82, 2.24) is 26.6 Å². The number of carbonyl (C=O) groups excluding carboxylic acids is 6. The number of carbonyl (C=O) groups is 6. The van der Waals surface area contributed by atoms with E-state index in [-0.39, 0.29) is 12.8 Å². The third-order valence-corrected chi connectivity index (χ3v) is 7.08. The molecule has 7 N–H and O–H groups in total. The molecule has 3 atom stereocenters. The van der Waals surface area contributed by atoms with Gasteiger partial charge in [-0.25, -0.2) is 9.18 Å². The van der Waals surface area contributed by atoms with Gasteiger partial charge in [0.25, 0.3) is 0 Å². The van der Waals surface area contributed by atoms with Gasteiger partial charge < -0.3 is 37.1 Å². The highest BCUT2D eigenvalue weighted by atomic mass is 32.2. The molecule has 0 aromatic heterocycles. The number of rotatable bonds is 17. The largest absolute Gasteiger partial charge is 0.444 e. The van der Waals surface area contributed by atoms with Crippen LogP contribution in [0, 0.1) is 5.82 Å². The van der Waals surface area contributed by atoms with Gasteiger partial charge in [0.05, 0.1) is 13.1 Å². The quantitative estimate of drug-likeness (QED) is 0.143. The maximum atomic E-state index is 13.4. The maximum absolute atomic E-state index is 13.4. The molecule has 0 aliphatic carbocycles. The first-order chi connectivity index (χ1) is 22.2. The molecule has 0 aliphatic heterocycles. The second-order valence-electron chi connectivity index (χ2n) is 11.6. The van der Waals surface area contributed by atoms with Gasteiger partial charge in [0.2, 0.25) is 29.5 Å². The molecule has 0 heterocycles. The third kappa shape index (κ3) is 15.5. The van der Waals surface area contributed by atoms with Crippen LogP contribution in [0.4, 0.5) is 9.18 Å². The van der Waals surface area contributed by atoms with E-state index in [1.165, 1.54) is 36.0 Å². The lowest BCUT2D eigenvalue weighted by molar-refractivity contribution is -0.132. The number of ether oxygens (including phenoxy) is 1. The van der Waals surface area contributed by atoms with Crippen LogP contribution in [0.25, 0.3) is 0 Å². The van der Waals surface area contributed by atoms with E-state index in [2.05, 4.69) is 26.6 Å². The summed E-state index contributed by atoms with van der Waals surface area (Å²) < 4.78 is 18.6. The number of hydrogen-bond acceptors (Lipinski definition) is 8. The van der Waals surface area contributed by atoms with Crippen LogP contribution in [0.1, 0.15) is 38.3 Å². The summed E-state index contributed by atoms with van der Waals surface area (Å²) >= 11 is 1.49. The van der Waals surface area contributed by atoms with E-state index in [9.17, 15) is 33.2 Å². The van der Waals surface area contributed by atoms with E-state index in [4.69, 9.17) is 10.5 Å². The minimum atomic E-state index is -1.16. The van der Waals surface area contributed by atoms with Gasteiger partial charge >= 0.3 is 6.09 Å². The average Bonchev–Trinajstić information content (AvgIpc) is 3.00. The number of nitrogens with two attached hydrogens (primary N) is 1. The Labute approximate surface area is 277 Å². The van der Waals surface area contributed by atoms with E-state index in [0.29, 0.717) is 17.7 Å². The monoisotopic (exact) mass is 674 g/mol. The molecule has 2 rings (SSSR count). The Balaban J connectivity index is 1.99. The lowest BCUT2D eigenvalue weighted by atomic mass is 10.0. The summed E-state index contributed by atoms with van der Waals surface area (Å²) in [6.45, 7) is 3.91. The second-order valence-corrected chi connectivity index (χ2v) is 12.6. The lowest BCUT2D eigenvalue weighted by Gasteiger charge is -2.23. The van der Waals surface area contributed by atoms with Crippen LogP contribution in [0.2, 0.25) is 0 Å². The van der Waals surface area contributed by atoms with Gasteiger partial charge in [-0.05, 0) is 62.5 Å². The first kappa shape index (κ1) is 38.5. The van der Waals surface area contributed by atoms with Crippen LogP contribution in [0.5, 0.6) is 0 Å². The van der Waals surface area contributed by atoms with Gasteiger partial charge in [-0.15, -0.1) is 0 Å². The predicted octanol–water partition coefficient (Wildman–Crippen LogP) is 0.945. The first-order valence-electron chi connectivity index (χ1n) is 14.9. The summed E-state index contributed by atoms with van der Waals surface area (Å²) in [6.07, 6.45) is 1.39. The Morgan fingerprint density at radius 1 is 0.766 bits per heavy atom. The number of nitrogens with one attached hydrogen (secondary N) is 5. The van der Waals surface area contributed by atoms with Gasteiger partial charge in [-0.2, -0.15) is 11.8 Å². The summed E-state index contributed by atoms with van der Waals surface area (Å²) in [7, 11) is 0. The van der Waals surface area contributed by atoms with Gasteiger partial charge in [-0.1, -0.05) is 42.5 Å². The van der Waals surface area contributed by atoms with Crippen molar-refractivity contribution in [2.24, 2.45) is 5.73 Å². The first-order valence-corrected chi connectivity index (χ1v) is 16.3. The summed E-state index contributed by atoms with van der Waals surface area (Å²) in [6, 6.07) is 11.1. The highest BCUT2D eigenvalue weighted by molar-refractivity contribution is 7.98. The number of primary amides is 1. The number of benzene rings is 2. The number of alkyl carbamates (subject to hydrolysis) is 1. The molecule has 13 nitrogen and oxygen atoms in total.